The van der Waals surface area contributed by atoms with Gasteiger partial charge in [0.15, 0.2) is 0 Å². The fraction of sp³-hybridized carbons (Fsp3) is 0.556. The first-order valence-corrected chi connectivity index (χ1v) is 4.84. The van der Waals surface area contributed by atoms with Crippen LogP contribution in [-0.4, -0.2) is 15.5 Å². The van der Waals surface area contributed by atoms with Gasteiger partial charge in [0, 0.05) is 13.0 Å². The number of halogens is 1. The fourth-order valence-corrected chi connectivity index (χ4v) is 1.11. The van der Waals surface area contributed by atoms with Gasteiger partial charge in [0.05, 0.1) is 12.7 Å². The summed E-state index contributed by atoms with van der Waals surface area (Å²) >= 11 is 5.79. The summed E-state index contributed by atoms with van der Waals surface area (Å²) < 4.78 is 1.74. The van der Waals surface area contributed by atoms with Crippen molar-refractivity contribution in [2.24, 2.45) is 13.0 Å². The van der Waals surface area contributed by atoms with Gasteiger partial charge >= 0.3 is 0 Å². The van der Waals surface area contributed by atoms with E-state index in [0.717, 1.165) is 5.82 Å². The van der Waals surface area contributed by atoms with Crippen LogP contribution in [0.4, 0.5) is 0 Å². The summed E-state index contributed by atoms with van der Waals surface area (Å²) in [7, 11) is 1.81. The molecule has 0 fully saturated rings. The molecule has 0 aromatic carbocycles. The third-order valence-electron chi connectivity index (χ3n) is 1.97. The molecule has 1 aromatic rings. The van der Waals surface area contributed by atoms with E-state index in [0.29, 0.717) is 11.7 Å². The Kier molecular flexibility index (Phi) is 3.52. The zero-order chi connectivity index (χ0) is 10.7. The Balaban J connectivity index is 2.54. The van der Waals surface area contributed by atoms with Gasteiger partial charge in [-0.2, -0.15) is 0 Å². The topological polar surface area (TPSA) is 46.9 Å². The van der Waals surface area contributed by atoms with Gasteiger partial charge in [-0.25, -0.2) is 4.98 Å². The van der Waals surface area contributed by atoms with Crippen molar-refractivity contribution in [2.45, 2.75) is 20.4 Å². The molecule has 0 aliphatic heterocycles. The highest BCUT2D eigenvalue weighted by Gasteiger charge is 2.08. The van der Waals surface area contributed by atoms with Gasteiger partial charge < -0.3 is 9.88 Å². The highest BCUT2D eigenvalue weighted by Crippen LogP contribution is 2.08. The molecule has 1 N–H and O–H groups in total. The Morgan fingerprint density at radius 3 is 2.79 bits per heavy atom. The lowest BCUT2D eigenvalue weighted by Gasteiger charge is -2.07. The van der Waals surface area contributed by atoms with Crippen LogP contribution in [0.25, 0.3) is 0 Å². The maximum absolute atomic E-state index is 11.3. The van der Waals surface area contributed by atoms with Crippen molar-refractivity contribution >= 4 is 17.5 Å². The van der Waals surface area contributed by atoms with Crippen molar-refractivity contribution in [1.29, 1.82) is 0 Å². The van der Waals surface area contributed by atoms with Crippen LogP contribution in [0.15, 0.2) is 6.20 Å². The molecular formula is C9H14ClN3O. The standard InChI is InChI=1S/C9H14ClN3O/c1-6(2)9(14)12-5-8-11-4-7(10)13(8)3/h4,6H,5H2,1-3H3,(H,12,14). The molecule has 0 bridgehead atoms. The minimum Gasteiger partial charge on any atom is -0.349 e. The molecule has 0 atom stereocenters. The number of carbonyl (C=O) groups is 1. The molecular weight excluding hydrogens is 202 g/mol. The van der Waals surface area contributed by atoms with Crippen molar-refractivity contribution in [3.8, 4) is 0 Å². The van der Waals surface area contributed by atoms with E-state index in [2.05, 4.69) is 10.3 Å². The number of aromatic nitrogens is 2. The van der Waals surface area contributed by atoms with Crippen molar-refractivity contribution < 1.29 is 4.79 Å². The normalized spacial score (nSPS) is 10.6. The van der Waals surface area contributed by atoms with Crippen LogP contribution >= 0.6 is 11.6 Å². The van der Waals surface area contributed by atoms with E-state index in [1.807, 2.05) is 20.9 Å². The predicted octanol–water partition coefficient (Wildman–Crippen LogP) is 1.35. The van der Waals surface area contributed by atoms with Crippen LogP contribution in [0.1, 0.15) is 19.7 Å². The SMILES string of the molecule is CC(C)C(=O)NCc1ncc(Cl)n1C. The second-order valence-electron chi connectivity index (χ2n) is 3.43. The summed E-state index contributed by atoms with van der Waals surface area (Å²) in [4.78, 5) is 15.3. The Morgan fingerprint density at radius 2 is 2.36 bits per heavy atom. The number of amides is 1. The fourth-order valence-electron chi connectivity index (χ4n) is 0.959. The maximum atomic E-state index is 11.3. The molecule has 1 amide bonds. The molecule has 14 heavy (non-hydrogen) atoms. The summed E-state index contributed by atoms with van der Waals surface area (Å²) in [6, 6.07) is 0. The molecule has 0 aliphatic rings. The number of rotatable bonds is 3. The monoisotopic (exact) mass is 215 g/mol. The van der Waals surface area contributed by atoms with Crippen LogP contribution in [0.5, 0.6) is 0 Å². The first-order chi connectivity index (χ1) is 6.52. The lowest BCUT2D eigenvalue weighted by molar-refractivity contribution is -0.124. The van der Waals surface area contributed by atoms with E-state index in [9.17, 15) is 4.79 Å². The van der Waals surface area contributed by atoms with E-state index in [4.69, 9.17) is 11.6 Å². The first kappa shape index (κ1) is 11.0. The largest absolute Gasteiger partial charge is 0.349 e. The van der Waals surface area contributed by atoms with Crippen LogP contribution in [-0.2, 0) is 18.4 Å². The highest BCUT2D eigenvalue weighted by atomic mass is 35.5. The third-order valence-corrected chi connectivity index (χ3v) is 2.32. The molecule has 1 heterocycles. The van der Waals surface area contributed by atoms with E-state index in [1.54, 1.807) is 10.8 Å². The average molecular weight is 216 g/mol. The van der Waals surface area contributed by atoms with Crippen molar-refractivity contribution in [2.75, 3.05) is 0 Å². The Bertz CT molecular complexity index is 333. The third kappa shape index (κ3) is 2.48. The summed E-state index contributed by atoms with van der Waals surface area (Å²) in [5.41, 5.74) is 0. The van der Waals surface area contributed by atoms with Crippen LogP contribution < -0.4 is 5.32 Å². The molecule has 4 nitrogen and oxygen atoms in total. The molecule has 0 spiro atoms. The van der Waals surface area contributed by atoms with Gasteiger partial charge in [0.2, 0.25) is 5.91 Å². The van der Waals surface area contributed by atoms with Gasteiger partial charge in [-0.1, -0.05) is 25.4 Å². The Labute approximate surface area is 88.3 Å². The van der Waals surface area contributed by atoms with Crippen molar-refractivity contribution in [3.05, 3.63) is 17.2 Å². The lowest BCUT2D eigenvalue weighted by atomic mass is 10.2. The molecule has 1 aromatic heterocycles. The second-order valence-corrected chi connectivity index (χ2v) is 3.82. The van der Waals surface area contributed by atoms with E-state index in [1.165, 1.54) is 0 Å². The quantitative estimate of drug-likeness (QED) is 0.828. The molecule has 0 aliphatic carbocycles. The number of hydrogen-bond acceptors (Lipinski definition) is 2. The second kappa shape index (κ2) is 4.46. The maximum Gasteiger partial charge on any atom is 0.222 e. The molecule has 1 rings (SSSR count). The zero-order valence-electron chi connectivity index (χ0n) is 8.54. The summed E-state index contributed by atoms with van der Waals surface area (Å²) in [6.45, 7) is 4.11. The molecule has 5 heteroatoms. The summed E-state index contributed by atoms with van der Waals surface area (Å²) in [5.74, 6) is 0.763. The Hall–Kier alpha value is -1.03. The summed E-state index contributed by atoms with van der Waals surface area (Å²) in [6.07, 6.45) is 1.57. The van der Waals surface area contributed by atoms with E-state index >= 15 is 0 Å². The van der Waals surface area contributed by atoms with Gasteiger partial charge in [0.1, 0.15) is 11.0 Å². The lowest BCUT2D eigenvalue weighted by Crippen LogP contribution is -2.28. The number of imidazole rings is 1. The molecule has 0 saturated carbocycles. The smallest absolute Gasteiger partial charge is 0.222 e. The van der Waals surface area contributed by atoms with Crippen LogP contribution in [0.3, 0.4) is 0 Å². The highest BCUT2D eigenvalue weighted by molar-refractivity contribution is 6.29. The minimum atomic E-state index is -0.00857. The number of nitrogens with one attached hydrogen (secondary N) is 1. The number of nitrogens with zero attached hydrogens (tertiary/aromatic N) is 2. The zero-order valence-corrected chi connectivity index (χ0v) is 9.30. The number of carbonyl (C=O) groups excluding carboxylic acids is 1. The predicted molar refractivity (Wildman–Crippen MR) is 54.9 cm³/mol. The summed E-state index contributed by atoms with van der Waals surface area (Å²) in [5, 5.41) is 3.34. The molecule has 0 unspecified atom stereocenters. The van der Waals surface area contributed by atoms with Gasteiger partial charge in [-0.15, -0.1) is 0 Å². The van der Waals surface area contributed by atoms with Crippen molar-refractivity contribution in [3.63, 3.8) is 0 Å². The molecule has 78 valence electrons. The van der Waals surface area contributed by atoms with E-state index in [-0.39, 0.29) is 11.8 Å². The van der Waals surface area contributed by atoms with Gasteiger partial charge in [-0.05, 0) is 0 Å². The van der Waals surface area contributed by atoms with Crippen LogP contribution in [0.2, 0.25) is 5.15 Å². The average Bonchev–Trinajstić information content (AvgIpc) is 2.44. The molecule has 0 radical (unpaired) electrons. The first-order valence-electron chi connectivity index (χ1n) is 4.46. The van der Waals surface area contributed by atoms with E-state index < -0.39 is 0 Å². The van der Waals surface area contributed by atoms with Gasteiger partial charge in [0.25, 0.3) is 0 Å². The minimum absolute atomic E-state index is 0.00857. The molecule has 0 saturated heterocycles. The van der Waals surface area contributed by atoms with Gasteiger partial charge in [-0.3, -0.25) is 4.79 Å². The van der Waals surface area contributed by atoms with Crippen LogP contribution in [0, 0.1) is 5.92 Å². The van der Waals surface area contributed by atoms with Crippen molar-refractivity contribution in [1.82, 2.24) is 14.9 Å². The number of hydrogen-bond donors (Lipinski definition) is 1. The Morgan fingerprint density at radius 1 is 1.71 bits per heavy atom.